The molecule has 0 amide bonds. The van der Waals surface area contributed by atoms with E-state index in [1.165, 1.54) is 40.7 Å². The van der Waals surface area contributed by atoms with Crippen molar-refractivity contribution >= 4 is 32.7 Å². The Morgan fingerprint density at radius 1 is 1.10 bits per heavy atom. The van der Waals surface area contributed by atoms with Crippen LogP contribution in [0.1, 0.15) is 56.2 Å². The van der Waals surface area contributed by atoms with Crippen LogP contribution in [0.3, 0.4) is 0 Å². The van der Waals surface area contributed by atoms with Crippen LogP contribution in [-0.4, -0.2) is 30.6 Å². The first-order valence-electron chi connectivity index (χ1n) is 10.6. The van der Waals surface area contributed by atoms with Gasteiger partial charge in [-0.3, -0.25) is 0 Å². The molecule has 0 aliphatic heterocycles. The zero-order valence-corrected chi connectivity index (χ0v) is 19.4. The third-order valence-electron chi connectivity index (χ3n) is 5.15. The number of hydrogen-bond donors (Lipinski definition) is 1. The van der Waals surface area contributed by atoms with Crippen molar-refractivity contribution in [3.05, 3.63) is 76.6 Å². The van der Waals surface area contributed by atoms with E-state index in [9.17, 15) is 4.39 Å². The van der Waals surface area contributed by atoms with E-state index in [4.69, 9.17) is 5.11 Å². The lowest BCUT2D eigenvalue weighted by Crippen LogP contribution is -2.03. The van der Waals surface area contributed by atoms with E-state index in [-0.39, 0.29) is 18.1 Å². The molecule has 3 rings (SSSR count). The highest BCUT2D eigenvalue weighted by Gasteiger charge is 2.23. The van der Waals surface area contributed by atoms with E-state index in [1.807, 2.05) is 24.3 Å². The molecule has 30 heavy (non-hydrogen) atoms. The van der Waals surface area contributed by atoms with Gasteiger partial charge in [-0.25, -0.2) is 4.39 Å². The molecule has 0 heterocycles. The number of rotatable bonds is 7. The highest BCUT2D eigenvalue weighted by Crippen LogP contribution is 2.44. The normalized spacial score (nSPS) is 15.3. The van der Waals surface area contributed by atoms with Crippen LogP contribution >= 0.6 is 9.24 Å². The van der Waals surface area contributed by atoms with Gasteiger partial charge in [0.1, 0.15) is 5.82 Å². The number of aliphatic hydroxyl groups excluding tert-OH is 1. The Balaban J connectivity index is 0.000000396. The minimum atomic E-state index is -0.148. The predicted molar refractivity (Wildman–Crippen MR) is 132 cm³/mol. The smallest absolute Gasteiger partial charge is 0.123 e. The van der Waals surface area contributed by atoms with Gasteiger partial charge in [0, 0.05) is 18.9 Å². The van der Waals surface area contributed by atoms with Crippen LogP contribution in [-0.2, 0) is 0 Å². The minimum absolute atomic E-state index is 0.130. The Morgan fingerprint density at radius 3 is 2.43 bits per heavy atom. The van der Waals surface area contributed by atoms with Gasteiger partial charge in [-0.1, -0.05) is 56.2 Å². The highest BCUT2D eigenvalue weighted by atomic mass is 31.0. The molecule has 1 aliphatic rings. The summed E-state index contributed by atoms with van der Waals surface area (Å²) in [6.07, 6.45) is 8.53. The Bertz CT molecular complexity index is 903. The van der Waals surface area contributed by atoms with Gasteiger partial charge >= 0.3 is 0 Å². The number of nitrogens with zero attached hydrogens (tertiary/aromatic N) is 1. The average molecular weight is 426 g/mol. The summed E-state index contributed by atoms with van der Waals surface area (Å²) < 4.78 is 13.8. The number of aliphatic hydroxyl groups is 1. The molecule has 2 aromatic rings. The predicted octanol–water partition coefficient (Wildman–Crippen LogP) is 6.66. The van der Waals surface area contributed by atoms with Crippen LogP contribution in [0.4, 0.5) is 4.39 Å². The second-order valence-corrected chi connectivity index (χ2v) is 8.33. The van der Waals surface area contributed by atoms with Crippen molar-refractivity contribution in [1.29, 1.82) is 0 Å². The van der Waals surface area contributed by atoms with E-state index in [0.717, 1.165) is 18.4 Å². The molecule has 0 saturated carbocycles. The van der Waals surface area contributed by atoms with Gasteiger partial charge in [0.25, 0.3) is 0 Å². The number of unbranched alkanes of at least 4 members (excludes halogenated alkanes) is 2. The molecule has 2 nitrogen and oxygen atoms in total. The minimum Gasteiger partial charge on any atom is -0.395 e. The number of hydrogen-bond acceptors (Lipinski definition) is 2. The van der Waals surface area contributed by atoms with Crippen LogP contribution in [0.25, 0.3) is 17.2 Å². The van der Waals surface area contributed by atoms with Crippen LogP contribution < -0.4 is 0 Å². The summed E-state index contributed by atoms with van der Waals surface area (Å²) in [6.45, 7) is 4.54. The molecule has 2 aromatic carbocycles. The Labute approximate surface area is 182 Å². The number of halogens is 1. The van der Waals surface area contributed by atoms with E-state index < -0.39 is 0 Å². The summed E-state index contributed by atoms with van der Waals surface area (Å²) in [6, 6.07) is 15.5. The van der Waals surface area contributed by atoms with Gasteiger partial charge in [-0.05, 0) is 71.4 Å². The molecular formula is C26H33FNOP. The molecule has 2 atom stereocenters. The van der Waals surface area contributed by atoms with Gasteiger partial charge in [0.15, 0.2) is 0 Å². The molecule has 0 fully saturated rings. The summed E-state index contributed by atoms with van der Waals surface area (Å²) in [5.41, 5.74) is 7.41. The van der Waals surface area contributed by atoms with Crippen LogP contribution in [0.5, 0.6) is 0 Å². The lowest BCUT2D eigenvalue weighted by Gasteiger charge is -2.06. The molecule has 0 bridgehead atoms. The standard InChI is InChI=1S/C22H23F.C4H10NOP/c1-3-4-6-11-19-16(2)21(14-17-9-7-5-8-10-17)20-13-12-18(23)15-22(19)20;1-5-2-4(7)3-6/h5,7-10,12-15H,3-4,6,11H2,1-2H3;2,4,6H,3,7H2,1H3/b21-14-;. The van der Waals surface area contributed by atoms with Crippen molar-refractivity contribution in [2.24, 2.45) is 4.99 Å². The summed E-state index contributed by atoms with van der Waals surface area (Å²) in [4.78, 5) is 3.70. The van der Waals surface area contributed by atoms with Crippen LogP contribution in [0, 0.1) is 5.82 Å². The Kier molecular flexibility index (Phi) is 10.1. The van der Waals surface area contributed by atoms with Gasteiger partial charge in [0.2, 0.25) is 0 Å². The maximum absolute atomic E-state index is 13.8. The number of fused-ring (bicyclic) bond motifs is 1. The molecule has 4 heteroatoms. The van der Waals surface area contributed by atoms with Crippen LogP contribution in [0.2, 0.25) is 0 Å². The summed E-state index contributed by atoms with van der Waals surface area (Å²) in [5.74, 6) is -0.148. The fourth-order valence-corrected chi connectivity index (χ4v) is 3.75. The van der Waals surface area contributed by atoms with Crippen molar-refractivity contribution < 1.29 is 9.50 Å². The summed E-state index contributed by atoms with van der Waals surface area (Å²) in [5, 5.41) is 8.35. The van der Waals surface area contributed by atoms with Gasteiger partial charge in [-0.2, -0.15) is 0 Å². The number of allylic oxidation sites excluding steroid dienone is 3. The molecule has 0 radical (unpaired) electrons. The van der Waals surface area contributed by atoms with E-state index in [0.29, 0.717) is 0 Å². The lowest BCUT2D eigenvalue weighted by molar-refractivity contribution is 0.312. The maximum atomic E-state index is 13.8. The Morgan fingerprint density at radius 2 is 1.83 bits per heavy atom. The first-order chi connectivity index (χ1) is 14.5. The van der Waals surface area contributed by atoms with Crippen molar-refractivity contribution in [2.45, 2.75) is 45.2 Å². The molecule has 160 valence electrons. The third-order valence-corrected chi connectivity index (χ3v) is 5.53. The van der Waals surface area contributed by atoms with Crippen molar-refractivity contribution in [3.63, 3.8) is 0 Å². The second-order valence-electron chi connectivity index (χ2n) is 7.47. The van der Waals surface area contributed by atoms with Crippen molar-refractivity contribution in [1.82, 2.24) is 0 Å². The molecule has 0 spiro atoms. The average Bonchev–Trinajstić information content (AvgIpc) is 3.00. The maximum Gasteiger partial charge on any atom is 0.123 e. The highest BCUT2D eigenvalue weighted by molar-refractivity contribution is 7.19. The lowest BCUT2D eigenvalue weighted by atomic mass is 9.99. The first-order valence-corrected chi connectivity index (χ1v) is 11.2. The second kappa shape index (κ2) is 12.6. The van der Waals surface area contributed by atoms with Crippen LogP contribution in [0.15, 0.2) is 59.1 Å². The molecule has 1 N–H and O–H groups in total. The van der Waals surface area contributed by atoms with E-state index >= 15 is 0 Å². The topological polar surface area (TPSA) is 32.6 Å². The fourth-order valence-electron chi connectivity index (χ4n) is 3.58. The number of benzene rings is 2. The zero-order valence-electron chi connectivity index (χ0n) is 18.2. The molecule has 0 saturated heterocycles. The molecule has 2 unspecified atom stereocenters. The monoisotopic (exact) mass is 425 g/mol. The van der Waals surface area contributed by atoms with E-state index in [2.05, 4.69) is 46.3 Å². The first kappa shape index (κ1) is 24.2. The van der Waals surface area contributed by atoms with Gasteiger partial charge in [0.05, 0.1) is 6.61 Å². The zero-order chi connectivity index (χ0) is 21.9. The SMILES string of the molecule is CCCCCC1=C(C)/C(=C/c2ccccc2)c2ccc(F)cc21.CN=CC(P)CO. The van der Waals surface area contributed by atoms with Crippen molar-refractivity contribution in [3.8, 4) is 0 Å². The van der Waals surface area contributed by atoms with Crippen molar-refractivity contribution in [2.75, 3.05) is 13.7 Å². The van der Waals surface area contributed by atoms with E-state index in [1.54, 1.807) is 25.4 Å². The Hall–Kier alpha value is -2.09. The number of aliphatic imine (C=N–C) groups is 1. The quantitative estimate of drug-likeness (QED) is 0.300. The summed E-state index contributed by atoms with van der Waals surface area (Å²) >= 11 is 0. The fraction of sp³-hybridized carbons (Fsp3) is 0.346. The van der Waals surface area contributed by atoms with Gasteiger partial charge < -0.3 is 10.1 Å². The molecule has 1 aliphatic carbocycles. The summed E-state index contributed by atoms with van der Waals surface area (Å²) in [7, 11) is 4.14. The van der Waals surface area contributed by atoms with Gasteiger partial charge in [-0.15, -0.1) is 9.24 Å². The molecule has 0 aromatic heterocycles. The third kappa shape index (κ3) is 6.72. The molecular weight excluding hydrogens is 392 g/mol. The largest absolute Gasteiger partial charge is 0.395 e.